The van der Waals surface area contributed by atoms with Crippen LogP contribution in [-0.4, -0.2) is 29.9 Å². The van der Waals surface area contributed by atoms with E-state index in [0.717, 1.165) is 0 Å². The average Bonchev–Trinajstić information content (AvgIpc) is 2.12. The molecular formula is C9H9F6O4-. The normalized spacial score (nSPS) is 13.2. The highest BCUT2D eigenvalue weighted by atomic mass is 19.4. The molecule has 112 valence electrons. The van der Waals surface area contributed by atoms with Gasteiger partial charge in [-0.25, -0.2) is 0 Å². The Kier molecular flexibility index (Phi) is 5.22. The van der Waals surface area contributed by atoms with Crippen LogP contribution in [0.3, 0.4) is 0 Å². The molecule has 0 rings (SSSR count). The van der Waals surface area contributed by atoms with Gasteiger partial charge in [-0.1, -0.05) is 6.92 Å². The third-order valence-electron chi connectivity index (χ3n) is 2.05. The molecule has 0 saturated carbocycles. The van der Waals surface area contributed by atoms with Crippen LogP contribution in [0.2, 0.25) is 0 Å². The highest BCUT2D eigenvalue weighted by Crippen LogP contribution is 2.48. The van der Waals surface area contributed by atoms with Gasteiger partial charge in [0.25, 0.3) is 0 Å². The third-order valence-corrected chi connectivity index (χ3v) is 2.05. The number of carboxylic acids is 1. The van der Waals surface area contributed by atoms with Crippen molar-refractivity contribution in [1.82, 2.24) is 0 Å². The first-order chi connectivity index (χ1) is 8.37. The molecule has 0 unspecified atom stereocenters. The summed E-state index contributed by atoms with van der Waals surface area (Å²) < 4.78 is 78.7. The van der Waals surface area contributed by atoms with Crippen LogP contribution in [0.5, 0.6) is 0 Å². The molecule has 0 fully saturated rings. The number of carbonyl (C=O) groups is 2. The van der Waals surface area contributed by atoms with E-state index in [0.29, 0.717) is 0 Å². The van der Waals surface area contributed by atoms with Crippen LogP contribution in [0.25, 0.3) is 0 Å². The summed E-state index contributed by atoms with van der Waals surface area (Å²) in [6.07, 6.45) is -15.6. The molecule has 0 aliphatic heterocycles. The molecule has 0 aliphatic carbocycles. The topological polar surface area (TPSA) is 66.4 Å². The van der Waals surface area contributed by atoms with Crippen molar-refractivity contribution in [1.29, 1.82) is 0 Å². The summed E-state index contributed by atoms with van der Waals surface area (Å²) in [5.74, 6) is -4.43. The van der Waals surface area contributed by atoms with E-state index in [-0.39, 0.29) is 6.42 Å². The van der Waals surface area contributed by atoms with Crippen LogP contribution in [0.1, 0.15) is 26.2 Å². The smallest absolute Gasteiger partial charge is 0.437 e. The van der Waals surface area contributed by atoms with Gasteiger partial charge in [0.1, 0.15) is 0 Å². The van der Waals surface area contributed by atoms with E-state index in [1.165, 1.54) is 6.92 Å². The Morgan fingerprint density at radius 1 is 1.05 bits per heavy atom. The first-order valence-corrected chi connectivity index (χ1v) is 4.92. The van der Waals surface area contributed by atoms with Crippen molar-refractivity contribution in [2.45, 2.75) is 44.1 Å². The molecule has 0 bridgehead atoms. The molecular weight excluding hydrogens is 286 g/mol. The van der Waals surface area contributed by atoms with Crippen LogP contribution in [-0.2, 0) is 14.3 Å². The van der Waals surface area contributed by atoms with Crippen LogP contribution in [0.4, 0.5) is 26.3 Å². The minimum Gasteiger partial charge on any atom is -0.550 e. The monoisotopic (exact) mass is 295 g/mol. The van der Waals surface area contributed by atoms with Gasteiger partial charge in [-0.15, -0.1) is 0 Å². The zero-order valence-corrected chi connectivity index (χ0v) is 9.52. The van der Waals surface area contributed by atoms with Gasteiger partial charge in [0.05, 0.1) is 0 Å². The molecule has 0 radical (unpaired) electrons. The average molecular weight is 295 g/mol. The summed E-state index contributed by atoms with van der Waals surface area (Å²) in [6.45, 7) is 1.32. The van der Waals surface area contributed by atoms with Crippen molar-refractivity contribution in [3.63, 3.8) is 0 Å². The first-order valence-electron chi connectivity index (χ1n) is 4.92. The lowest BCUT2D eigenvalue weighted by molar-refractivity contribution is -0.381. The summed E-state index contributed by atoms with van der Waals surface area (Å²) in [4.78, 5) is 21.0. The first kappa shape index (κ1) is 17.5. The second kappa shape index (κ2) is 5.66. The van der Waals surface area contributed by atoms with Crippen molar-refractivity contribution in [2.24, 2.45) is 0 Å². The van der Waals surface area contributed by atoms with Crippen LogP contribution in [0, 0.1) is 0 Å². The molecule has 0 heterocycles. The number of rotatable bonds is 5. The van der Waals surface area contributed by atoms with Crippen molar-refractivity contribution in [3.8, 4) is 0 Å². The molecule has 4 nitrogen and oxygen atoms in total. The standard InChI is InChI=1S/C9H10F6O4/c1-2-3-6(18)19-7(4-5(16)17,8(10,11)12)9(13,14)15/h2-4H2,1H3,(H,16,17)/p-1. The Hall–Kier alpha value is -1.48. The molecule has 0 aromatic rings. The van der Waals surface area contributed by atoms with Gasteiger partial charge in [-0.3, -0.25) is 4.79 Å². The molecule has 0 spiro atoms. The predicted molar refractivity (Wildman–Crippen MR) is 45.5 cm³/mol. The largest absolute Gasteiger partial charge is 0.550 e. The molecule has 0 aliphatic rings. The number of esters is 1. The number of carboxylic acid groups (broad SMARTS) is 1. The number of hydrogen-bond donors (Lipinski definition) is 0. The lowest BCUT2D eigenvalue weighted by Crippen LogP contribution is -2.61. The number of carbonyl (C=O) groups excluding carboxylic acids is 2. The third kappa shape index (κ3) is 4.00. The Balaban J connectivity index is 5.65. The van der Waals surface area contributed by atoms with Gasteiger partial charge in [-0.2, -0.15) is 26.3 Å². The lowest BCUT2D eigenvalue weighted by Gasteiger charge is -2.36. The van der Waals surface area contributed by atoms with E-state index in [9.17, 15) is 41.0 Å². The number of halogens is 6. The fourth-order valence-corrected chi connectivity index (χ4v) is 1.17. The molecule has 0 aromatic carbocycles. The quantitative estimate of drug-likeness (QED) is 0.567. The van der Waals surface area contributed by atoms with E-state index in [4.69, 9.17) is 0 Å². The maximum Gasteiger partial charge on any atom is 0.437 e. The van der Waals surface area contributed by atoms with Gasteiger partial charge < -0.3 is 14.6 Å². The van der Waals surface area contributed by atoms with Crippen LogP contribution >= 0.6 is 0 Å². The molecule has 0 atom stereocenters. The Morgan fingerprint density at radius 2 is 1.47 bits per heavy atom. The minimum atomic E-state index is -6.13. The zero-order chi connectivity index (χ0) is 15.5. The van der Waals surface area contributed by atoms with Crippen molar-refractivity contribution < 1.29 is 45.8 Å². The van der Waals surface area contributed by atoms with E-state index < -0.39 is 42.7 Å². The SMILES string of the molecule is CCCC(=O)OC(CC(=O)[O-])(C(F)(F)F)C(F)(F)F. The van der Waals surface area contributed by atoms with Gasteiger partial charge in [0.15, 0.2) is 0 Å². The highest BCUT2D eigenvalue weighted by molar-refractivity contribution is 5.72. The number of hydrogen-bond acceptors (Lipinski definition) is 4. The van der Waals surface area contributed by atoms with Gasteiger partial charge in [0.2, 0.25) is 0 Å². The van der Waals surface area contributed by atoms with Gasteiger partial charge >= 0.3 is 23.9 Å². The number of aliphatic carboxylic acids is 1. The van der Waals surface area contributed by atoms with E-state index in [2.05, 4.69) is 4.74 Å². The Bertz CT molecular complexity index is 332. The van der Waals surface area contributed by atoms with Crippen molar-refractivity contribution in [2.75, 3.05) is 0 Å². The highest BCUT2D eigenvalue weighted by Gasteiger charge is 2.74. The summed E-state index contributed by atoms with van der Waals surface area (Å²) >= 11 is 0. The molecule has 10 heteroatoms. The van der Waals surface area contributed by atoms with Crippen LogP contribution in [0.15, 0.2) is 0 Å². The molecule has 0 N–H and O–H groups in total. The van der Waals surface area contributed by atoms with E-state index >= 15 is 0 Å². The number of ether oxygens (including phenoxy) is 1. The van der Waals surface area contributed by atoms with Gasteiger partial charge in [0, 0.05) is 18.8 Å². The summed E-state index contributed by atoms with van der Waals surface area (Å²) in [6, 6.07) is 0. The maximum atomic E-state index is 12.5. The summed E-state index contributed by atoms with van der Waals surface area (Å²) in [5, 5.41) is 10.1. The van der Waals surface area contributed by atoms with Gasteiger partial charge in [-0.05, 0) is 6.42 Å². The zero-order valence-electron chi connectivity index (χ0n) is 9.52. The summed E-state index contributed by atoms with van der Waals surface area (Å²) in [7, 11) is 0. The van der Waals surface area contributed by atoms with Crippen LogP contribution < -0.4 is 5.11 Å². The van der Waals surface area contributed by atoms with Crippen molar-refractivity contribution >= 4 is 11.9 Å². The minimum absolute atomic E-state index is 0.0596. The fourth-order valence-electron chi connectivity index (χ4n) is 1.17. The molecule has 0 amide bonds. The Morgan fingerprint density at radius 3 is 1.74 bits per heavy atom. The van der Waals surface area contributed by atoms with E-state index in [1.54, 1.807) is 0 Å². The molecule has 19 heavy (non-hydrogen) atoms. The maximum absolute atomic E-state index is 12.5. The number of alkyl halides is 6. The molecule has 0 aromatic heterocycles. The Labute approximate surface area is 103 Å². The lowest BCUT2D eigenvalue weighted by atomic mass is 9.97. The fraction of sp³-hybridized carbons (Fsp3) is 0.778. The van der Waals surface area contributed by atoms with Crippen molar-refractivity contribution in [3.05, 3.63) is 0 Å². The molecule has 0 saturated heterocycles. The second-order valence-corrected chi connectivity index (χ2v) is 3.60. The predicted octanol–water partition coefficient (Wildman–Crippen LogP) is 1.33. The van der Waals surface area contributed by atoms with E-state index in [1.807, 2.05) is 0 Å². The summed E-state index contributed by atoms with van der Waals surface area (Å²) in [5.41, 5.74) is -5.09. The second-order valence-electron chi connectivity index (χ2n) is 3.60.